The summed E-state index contributed by atoms with van der Waals surface area (Å²) in [5.74, 6) is 0.522. The van der Waals surface area contributed by atoms with Crippen LogP contribution in [0.25, 0.3) is 10.8 Å². The van der Waals surface area contributed by atoms with Crippen LogP contribution in [0.5, 0.6) is 5.75 Å². The predicted molar refractivity (Wildman–Crippen MR) is 91.8 cm³/mol. The molecule has 0 radical (unpaired) electrons. The van der Waals surface area contributed by atoms with E-state index in [1.807, 2.05) is 50.2 Å². The Labute approximate surface area is 135 Å². The first-order valence-corrected chi connectivity index (χ1v) is 7.45. The molecule has 0 saturated heterocycles. The van der Waals surface area contributed by atoms with Gasteiger partial charge in [-0.3, -0.25) is 9.78 Å². The molecule has 0 unspecified atom stereocenters. The van der Waals surface area contributed by atoms with Gasteiger partial charge in [-0.1, -0.05) is 18.2 Å². The summed E-state index contributed by atoms with van der Waals surface area (Å²) < 4.78 is 5.59. The molecule has 3 aromatic rings. The summed E-state index contributed by atoms with van der Waals surface area (Å²) in [7, 11) is 0. The number of hydrogen-bond acceptors (Lipinski definition) is 3. The van der Waals surface area contributed by atoms with Crippen LogP contribution in [-0.2, 0) is 4.79 Å². The maximum absolute atomic E-state index is 12.1. The van der Waals surface area contributed by atoms with Crippen molar-refractivity contribution < 1.29 is 9.53 Å². The fourth-order valence-corrected chi connectivity index (χ4v) is 2.58. The Hall–Kier alpha value is -2.88. The summed E-state index contributed by atoms with van der Waals surface area (Å²) in [5, 5.41) is 4.84. The van der Waals surface area contributed by atoms with Crippen molar-refractivity contribution in [1.82, 2.24) is 4.98 Å². The standard InChI is InChI=1S/C19H18N2O2/c1-13-8-14(2)10-16(9-13)23-12-19(22)21-18-5-3-4-15-11-20-7-6-17(15)18/h3-11H,12H2,1-2H3,(H,21,22). The molecule has 0 aliphatic heterocycles. The lowest BCUT2D eigenvalue weighted by atomic mass is 10.1. The van der Waals surface area contributed by atoms with Crippen LogP contribution in [0.3, 0.4) is 0 Å². The van der Waals surface area contributed by atoms with Gasteiger partial charge in [-0.05, 0) is 49.2 Å². The van der Waals surface area contributed by atoms with Crippen LogP contribution in [-0.4, -0.2) is 17.5 Å². The van der Waals surface area contributed by atoms with E-state index in [1.165, 1.54) is 0 Å². The fraction of sp³-hybridized carbons (Fsp3) is 0.158. The highest BCUT2D eigenvalue weighted by Crippen LogP contribution is 2.22. The van der Waals surface area contributed by atoms with Gasteiger partial charge in [0.05, 0.1) is 0 Å². The number of amides is 1. The molecule has 2 aromatic carbocycles. The summed E-state index contributed by atoms with van der Waals surface area (Å²) >= 11 is 0. The summed E-state index contributed by atoms with van der Waals surface area (Å²) in [4.78, 5) is 16.2. The lowest BCUT2D eigenvalue weighted by molar-refractivity contribution is -0.118. The first-order valence-electron chi connectivity index (χ1n) is 7.45. The van der Waals surface area contributed by atoms with Crippen LogP contribution in [0.4, 0.5) is 5.69 Å². The molecule has 0 aliphatic carbocycles. The first-order chi connectivity index (χ1) is 11.1. The van der Waals surface area contributed by atoms with Crippen molar-refractivity contribution >= 4 is 22.4 Å². The molecule has 0 fully saturated rings. The lowest BCUT2D eigenvalue weighted by Gasteiger charge is -2.10. The van der Waals surface area contributed by atoms with Gasteiger partial charge in [0.1, 0.15) is 5.75 Å². The van der Waals surface area contributed by atoms with Gasteiger partial charge in [0.25, 0.3) is 5.91 Å². The number of nitrogens with zero attached hydrogens (tertiary/aromatic N) is 1. The molecule has 4 nitrogen and oxygen atoms in total. The molecule has 1 N–H and O–H groups in total. The topological polar surface area (TPSA) is 51.2 Å². The lowest BCUT2D eigenvalue weighted by Crippen LogP contribution is -2.20. The number of aromatic nitrogens is 1. The van der Waals surface area contributed by atoms with Crippen molar-refractivity contribution in [3.8, 4) is 5.75 Å². The van der Waals surface area contributed by atoms with Crippen LogP contribution in [0.15, 0.2) is 54.9 Å². The van der Waals surface area contributed by atoms with E-state index >= 15 is 0 Å². The average molecular weight is 306 g/mol. The average Bonchev–Trinajstić information content (AvgIpc) is 2.52. The Morgan fingerprint density at radius 1 is 1.13 bits per heavy atom. The molecule has 1 aromatic heterocycles. The van der Waals surface area contributed by atoms with E-state index < -0.39 is 0 Å². The first kappa shape index (κ1) is 15.0. The number of hydrogen-bond donors (Lipinski definition) is 1. The van der Waals surface area contributed by atoms with E-state index in [4.69, 9.17) is 4.74 Å². The van der Waals surface area contributed by atoms with Gasteiger partial charge in [0, 0.05) is 28.9 Å². The van der Waals surface area contributed by atoms with E-state index in [-0.39, 0.29) is 12.5 Å². The Morgan fingerprint density at radius 2 is 1.91 bits per heavy atom. The number of fused-ring (bicyclic) bond motifs is 1. The van der Waals surface area contributed by atoms with Gasteiger partial charge in [-0.25, -0.2) is 0 Å². The number of aryl methyl sites for hydroxylation is 2. The van der Waals surface area contributed by atoms with Gasteiger partial charge in [-0.2, -0.15) is 0 Å². The van der Waals surface area contributed by atoms with Gasteiger partial charge >= 0.3 is 0 Å². The molecule has 0 saturated carbocycles. The van der Waals surface area contributed by atoms with Crippen LogP contribution < -0.4 is 10.1 Å². The minimum Gasteiger partial charge on any atom is -0.484 e. The van der Waals surface area contributed by atoms with Gasteiger partial charge in [0.2, 0.25) is 0 Å². The molecule has 1 amide bonds. The third kappa shape index (κ3) is 3.66. The Bertz CT molecular complexity index is 833. The number of anilines is 1. The molecule has 0 spiro atoms. The van der Waals surface area contributed by atoms with Gasteiger partial charge in [-0.15, -0.1) is 0 Å². The van der Waals surface area contributed by atoms with Crippen molar-refractivity contribution in [2.24, 2.45) is 0 Å². The normalized spacial score (nSPS) is 10.5. The van der Waals surface area contributed by atoms with Crippen molar-refractivity contribution in [3.63, 3.8) is 0 Å². The smallest absolute Gasteiger partial charge is 0.262 e. The van der Waals surface area contributed by atoms with Gasteiger partial charge < -0.3 is 10.1 Å². The predicted octanol–water partition coefficient (Wildman–Crippen LogP) is 3.87. The zero-order valence-electron chi connectivity index (χ0n) is 13.2. The highest BCUT2D eigenvalue weighted by Gasteiger charge is 2.07. The van der Waals surface area contributed by atoms with E-state index in [9.17, 15) is 4.79 Å². The van der Waals surface area contributed by atoms with Crippen LogP contribution in [0, 0.1) is 13.8 Å². The molecular formula is C19H18N2O2. The van der Waals surface area contributed by atoms with Crippen LogP contribution >= 0.6 is 0 Å². The minimum atomic E-state index is -0.187. The fourth-order valence-electron chi connectivity index (χ4n) is 2.58. The molecule has 3 rings (SSSR count). The van der Waals surface area contributed by atoms with Crippen LogP contribution in [0.2, 0.25) is 0 Å². The molecular weight excluding hydrogens is 288 g/mol. The molecule has 4 heteroatoms. The second-order valence-electron chi connectivity index (χ2n) is 5.56. The van der Waals surface area contributed by atoms with E-state index in [2.05, 4.69) is 16.4 Å². The van der Waals surface area contributed by atoms with E-state index in [1.54, 1.807) is 12.4 Å². The van der Waals surface area contributed by atoms with Gasteiger partial charge in [0.15, 0.2) is 6.61 Å². The largest absolute Gasteiger partial charge is 0.484 e. The Morgan fingerprint density at radius 3 is 2.70 bits per heavy atom. The highest BCUT2D eigenvalue weighted by molar-refractivity contribution is 6.02. The highest BCUT2D eigenvalue weighted by atomic mass is 16.5. The number of nitrogens with one attached hydrogen (secondary N) is 1. The summed E-state index contributed by atoms with van der Waals surface area (Å²) in [6.07, 6.45) is 3.49. The minimum absolute atomic E-state index is 0.0234. The second kappa shape index (κ2) is 6.48. The zero-order valence-corrected chi connectivity index (χ0v) is 13.2. The summed E-state index contributed by atoms with van der Waals surface area (Å²) in [5.41, 5.74) is 2.99. The number of ether oxygens (including phenoxy) is 1. The van der Waals surface area contributed by atoms with Crippen molar-refractivity contribution in [1.29, 1.82) is 0 Å². The van der Waals surface area contributed by atoms with Crippen molar-refractivity contribution in [2.45, 2.75) is 13.8 Å². The third-order valence-electron chi connectivity index (χ3n) is 3.52. The number of benzene rings is 2. The molecule has 1 heterocycles. The maximum atomic E-state index is 12.1. The SMILES string of the molecule is Cc1cc(C)cc(OCC(=O)Nc2cccc3cnccc23)c1. The summed E-state index contributed by atoms with van der Waals surface area (Å²) in [6.45, 7) is 3.98. The quantitative estimate of drug-likeness (QED) is 0.796. The molecule has 23 heavy (non-hydrogen) atoms. The second-order valence-corrected chi connectivity index (χ2v) is 5.56. The number of pyridine rings is 1. The number of carbonyl (C=O) groups excluding carboxylic acids is 1. The maximum Gasteiger partial charge on any atom is 0.262 e. The number of carbonyl (C=O) groups is 1. The molecule has 116 valence electrons. The zero-order chi connectivity index (χ0) is 16.2. The number of rotatable bonds is 4. The Kier molecular flexibility index (Phi) is 4.24. The van der Waals surface area contributed by atoms with E-state index in [0.717, 1.165) is 27.6 Å². The molecule has 0 aliphatic rings. The molecule has 0 bridgehead atoms. The summed E-state index contributed by atoms with van der Waals surface area (Å²) in [6, 6.07) is 13.5. The monoisotopic (exact) mass is 306 g/mol. The van der Waals surface area contributed by atoms with Crippen molar-refractivity contribution in [3.05, 3.63) is 66.0 Å². The van der Waals surface area contributed by atoms with Crippen molar-refractivity contribution in [2.75, 3.05) is 11.9 Å². The van der Waals surface area contributed by atoms with E-state index in [0.29, 0.717) is 5.75 Å². The Balaban J connectivity index is 1.69. The molecule has 0 atom stereocenters. The van der Waals surface area contributed by atoms with Crippen LogP contribution in [0.1, 0.15) is 11.1 Å². The third-order valence-corrected chi connectivity index (χ3v) is 3.52.